The summed E-state index contributed by atoms with van der Waals surface area (Å²) in [5, 5.41) is 6.98. The summed E-state index contributed by atoms with van der Waals surface area (Å²) in [5.74, 6) is 0.348. The number of anilines is 1. The van der Waals surface area contributed by atoms with Gasteiger partial charge in [-0.3, -0.25) is 14.3 Å². The Labute approximate surface area is 193 Å². The molecule has 1 saturated heterocycles. The van der Waals surface area contributed by atoms with Crippen molar-refractivity contribution in [2.45, 2.75) is 38.8 Å². The SMILES string of the molecule is CCN(C(=O)c1cnn(C)c1)[C@@H]1CCO[C@H](c2ccc(C(=O)Nc3ncccc3C)cc2)C1. The normalized spacial score (nSPS) is 18.0. The van der Waals surface area contributed by atoms with Crippen LogP contribution < -0.4 is 5.32 Å². The van der Waals surface area contributed by atoms with Gasteiger partial charge in [-0.25, -0.2) is 4.98 Å². The van der Waals surface area contributed by atoms with Crippen LogP contribution in [0.1, 0.15) is 57.7 Å². The van der Waals surface area contributed by atoms with Crippen LogP contribution in [0.4, 0.5) is 5.82 Å². The first-order valence-corrected chi connectivity index (χ1v) is 11.2. The molecular formula is C25H29N5O3. The van der Waals surface area contributed by atoms with Gasteiger partial charge >= 0.3 is 0 Å². The number of aromatic nitrogens is 3. The highest BCUT2D eigenvalue weighted by Crippen LogP contribution is 2.31. The third kappa shape index (κ3) is 5.12. The summed E-state index contributed by atoms with van der Waals surface area (Å²) >= 11 is 0. The third-order valence-electron chi connectivity index (χ3n) is 6.04. The number of hydrogen-bond acceptors (Lipinski definition) is 5. The number of ether oxygens (including phenoxy) is 1. The fraction of sp³-hybridized carbons (Fsp3) is 0.360. The Bertz CT molecular complexity index is 1130. The van der Waals surface area contributed by atoms with E-state index in [1.165, 1.54) is 0 Å². The zero-order chi connectivity index (χ0) is 23.4. The molecule has 8 heteroatoms. The molecule has 8 nitrogen and oxygen atoms in total. The van der Waals surface area contributed by atoms with Crippen LogP contribution in [-0.4, -0.2) is 50.7 Å². The first-order chi connectivity index (χ1) is 16.0. The number of carbonyl (C=O) groups is 2. The van der Waals surface area contributed by atoms with Gasteiger partial charge in [0.15, 0.2) is 0 Å². The Morgan fingerprint density at radius 1 is 1.21 bits per heavy atom. The van der Waals surface area contributed by atoms with E-state index in [0.717, 1.165) is 17.5 Å². The summed E-state index contributed by atoms with van der Waals surface area (Å²) in [6, 6.07) is 11.3. The second kappa shape index (κ2) is 9.95. The van der Waals surface area contributed by atoms with Crippen molar-refractivity contribution in [3.8, 4) is 0 Å². The van der Waals surface area contributed by atoms with Crippen molar-refractivity contribution in [1.82, 2.24) is 19.7 Å². The summed E-state index contributed by atoms with van der Waals surface area (Å²) < 4.78 is 7.66. The molecule has 0 aliphatic carbocycles. The summed E-state index contributed by atoms with van der Waals surface area (Å²) in [5.41, 5.74) is 3.06. The van der Waals surface area contributed by atoms with Gasteiger partial charge in [0.2, 0.25) is 0 Å². The van der Waals surface area contributed by atoms with Gasteiger partial charge in [-0.05, 0) is 56.0 Å². The summed E-state index contributed by atoms with van der Waals surface area (Å²) in [7, 11) is 1.80. The van der Waals surface area contributed by atoms with Gasteiger partial charge in [-0.15, -0.1) is 0 Å². The Hall–Kier alpha value is -3.52. The summed E-state index contributed by atoms with van der Waals surface area (Å²) in [6.45, 7) is 5.10. The first-order valence-electron chi connectivity index (χ1n) is 11.2. The molecule has 2 aromatic heterocycles. The van der Waals surface area contributed by atoms with E-state index in [4.69, 9.17) is 4.74 Å². The maximum Gasteiger partial charge on any atom is 0.257 e. The fourth-order valence-electron chi connectivity index (χ4n) is 4.21. The Balaban J connectivity index is 1.43. The number of carbonyl (C=O) groups excluding carboxylic acids is 2. The molecule has 1 aliphatic heterocycles. The van der Waals surface area contributed by atoms with Gasteiger partial charge in [-0.2, -0.15) is 5.10 Å². The number of amides is 2. The highest BCUT2D eigenvalue weighted by molar-refractivity contribution is 6.04. The third-order valence-corrected chi connectivity index (χ3v) is 6.04. The molecule has 172 valence electrons. The second-order valence-electron chi connectivity index (χ2n) is 8.28. The average molecular weight is 448 g/mol. The lowest BCUT2D eigenvalue weighted by Crippen LogP contribution is -2.43. The molecule has 0 bridgehead atoms. The van der Waals surface area contributed by atoms with Gasteiger partial charge in [0.1, 0.15) is 5.82 Å². The van der Waals surface area contributed by atoms with E-state index in [0.29, 0.717) is 36.5 Å². The van der Waals surface area contributed by atoms with E-state index in [1.54, 1.807) is 42.5 Å². The molecule has 4 rings (SSSR count). The molecule has 0 spiro atoms. The smallest absolute Gasteiger partial charge is 0.257 e. The lowest BCUT2D eigenvalue weighted by molar-refractivity contribution is -0.0231. The van der Waals surface area contributed by atoms with E-state index in [-0.39, 0.29) is 24.0 Å². The zero-order valence-corrected chi connectivity index (χ0v) is 19.2. The molecule has 2 amide bonds. The zero-order valence-electron chi connectivity index (χ0n) is 19.2. The van der Waals surface area contributed by atoms with Crippen molar-refractivity contribution in [3.05, 3.63) is 77.2 Å². The van der Waals surface area contributed by atoms with Crippen molar-refractivity contribution < 1.29 is 14.3 Å². The molecule has 1 fully saturated rings. The number of pyridine rings is 1. The minimum Gasteiger partial charge on any atom is -0.373 e. The van der Waals surface area contributed by atoms with E-state index < -0.39 is 0 Å². The van der Waals surface area contributed by atoms with Crippen molar-refractivity contribution in [2.75, 3.05) is 18.5 Å². The monoisotopic (exact) mass is 447 g/mol. The maximum atomic E-state index is 13.0. The van der Waals surface area contributed by atoms with Crippen LogP contribution >= 0.6 is 0 Å². The van der Waals surface area contributed by atoms with Gasteiger partial charge in [0, 0.05) is 44.2 Å². The molecule has 33 heavy (non-hydrogen) atoms. The highest BCUT2D eigenvalue weighted by Gasteiger charge is 2.31. The first kappa shape index (κ1) is 22.7. The van der Waals surface area contributed by atoms with E-state index in [1.807, 2.05) is 43.0 Å². The number of nitrogens with one attached hydrogen (secondary N) is 1. The Morgan fingerprint density at radius 3 is 2.67 bits per heavy atom. The molecule has 0 radical (unpaired) electrons. The minimum atomic E-state index is -0.204. The molecule has 3 aromatic rings. The lowest BCUT2D eigenvalue weighted by atomic mass is 9.95. The number of benzene rings is 1. The molecule has 2 atom stereocenters. The van der Waals surface area contributed by atoms with Crippen LogP contribution in [-0.2, 0) is 11.8 Å². The van der Waals surface area contributed by atoms with Crippen LogP contribution in [0, 0.1) is 6.92 Å². The second-order valence-corrected chi connectivity index (χ2v) is 8.28. The predicted octanol–water partition coefficient (Wildman–Crippen LogP) is 3.76. The van der Waals surface area contributed by atoms with Crippen molar-refractivity contribution in [1.29, 1.82) is 0 Å². The quantitative estimate of drug-likeness (QED) is 0.622. The maximum absolute atomic E-state index is 13.0. The topological polar surface area (TPSA) is 89.4 Å². The van der Waals surface area contributed by atoms with Crippen LogP contribution in [0.5, 0.6) is 0 Å². The Kier molecular flexibility index (Phi) is 6.84. The number of hydrogen-bond donors (Lipinski definition) is 1. The largest absolute Gasteiger partial charge is 0.373 e. The summed E-state index contributed by atoms with van der Waals surface area (Å²) in [6.07, 6.45) is 6.38. The van der Waals surface area contributed by atoms with Crippen LogP contribution in [0.25, 0.3) is 0 Å². The molecule has 1 N–H and O–H groups in total. The average Bonchev–Trinajstić information content (AvgIpc) is 3.27. The molecular weight excluding hydrogens is 418 g/mol. The molecule has 0 saturated carbocycles. The summed E-state index contributed by atoms with van der Waals surface area (Å²) in [4.78, 5) is 31.7. The highest BCUT2D eigenvalue weighted by atomic mass is 16.5. The van der Waals surface area contributed by atoms with Crippen molar-refractivity contribution >= 4 is 17.6 Å². The van der Waals surface area contributed by atoms with E-state index in [9.17, 15) is 9.59 Å². The minimum absolute atomic E-state index is 0.00640. The molecule has 3 heterocycles. The Morgan fingerprint density at radius 2 is 2.00 bits per heavy atom. The van der Waals surface area contributed by atoms with Gasteiger partial charge in [0.25, 0.3) is 11.8 Å². The van der Waals surface area contributed by atoms with Crippen molar-refractivity contribution in [3.63, 3.8) is 0 Å². The van der Waals surface area contributed by atoms with Gasteiger partial charge < -0.3 is 15.0 Å². The van der Waals surface area contributed by atoms with Crippen LogP contribution in [0.15, 0.2) is 55.0 Å². The standard InChI is InChI=1S/C25H29N5O3/c1-4-30(25(32)20-15-27-29(3)16-20)21-11-13-33-22(14-21)18-7-9-19(10-8-18)24(31)28-23-17(2)6-5-12-26-23/h5-10,12,15-16,21-22H,4,11,13-14H2,1-3H3,(H,26,28,31)/t21-,22+/m1/s1. The number of rotatable bonds is 6. The van der Waals surface area contributed by atoms with Crippen molar-refractivity contribution in [2.24, 2.45) is 7.05 Å². The van der Waals surface area contributed by atoms with Crippen LogP contribution in [0.3, 0.4) is 0 Å². The van der Waals surface area contributed by atoms with E-state index in [2.05, 4.69) is 15.4 Å². The predicted molar refractivity (Wildman–Crippen MR) is 125 cm³/mol. The van der Waals surface area contributed by atoms with E-state index >= 15 is 0 Å². The van der Waals surface area contributed by atoms with Crippen LogP contribution in [0.2, 0.25) is 0 Å². The van der Waals surface area contributed by atoms with Gasteiger partial charge in [-0.1, -0.05) is 18.2 Å². The molecule has 1 aliphatic rings. The number of aryl methyl sites for hydroxylation is 2. The lowest BCUT2D eigenvalue weighted by Gasteiger charge is -2.37. The molecule has 0 unspecified atom stereocenters. The fourth-order valence-corrected chi connectivity index (χ4v) is 4.21. The molecule has 1 aromatic carbocycles. The van der Waals surface area contributed by atoms with Gasteiger partial charge in [0.05, 0.1) is 17.9 Å². The number of nitrogens with zero attached hydrogens (tertiary/aromatic N) is 4.